The molecule has 1 aromatic carbocycles. The molecule has 1 aromatic rings. The molecule has 0 spiro atoms. The average Bonchev–Trinajstić information content (AvgIpc) is 2.17. The van der Waals surface area contributed by atoms with E-state index < -0.39 is 7.26 Å². The minimum atomic E-state index is -0.953. The number of hydrogen-bond acceptors (Lipinski definition) is 1. The van der Waals surface area contributed by atoms with Crippen LogP contribution in [0.4, 0.5) is 0 Å². The predicted octanol–water partition coefficient (Wildman–Crippen LogP) is 3.01. The first-order valence-corrected chi connectivity index (χ1v) is 7.72. The van der Waals surface area contributed by atoms with Crippen molar-refractivity contribution >= 4 is 12.6 Å². The van der Waals surface area contributed by atoms with E-state index in [1.807, 2.05) is 0 Å². The van der Waals surface area contributed by atoms with E-state index in [9.17, 15) is 0 Å². The van der Waals surface area contributed by atoms with E-state index in [0.717, 1.165) is 11.4 Å². The minimum absolute atomic E-state index is 0.746. The molecule has 1 nitrogen and oxygen atoms in total. The molecule has 0 heterocycles. The van der Waals surface area contributed by atoms with Gasteiger partial charge < -0.3 is 4.74 Å². The lowest BCUT2D eigenvalue weighted by molar-refractivity contribution is 0.415. The summed E-state index contributed by atoms with van der Waals surface area (Å²) in [5.74, 6) is 0.942. The van der Waals surface area contributed by atoms with Crippen LogP contribution in [0.5, 0.6) is 5.75 Å². The molecule has 0 aromatic heterocycles. The Bertz CT molecular complexity index is 288. The Morgan fingerprint density at radius 1 is 1.07 bits per heavy atom. The lowest BCUT2D eigenvalue weighted by atomic mass is 10.3. The molecule has 0 saturated carbocycles. The van der Waals surface area contributed by atoms with Gasteiger partial charge in [0.1, 0.15) is 5.75 Å². The van der Waals surface area contributed by atoms with Gasteiger partial charge in [0.2, 0.25) is 0 Å². The van der Waals surface area contributed by atoms with Crippen molar-refractivity contribution in [3.8, 4) is 5.75 Å². The summed E-state index contributed by atoms with van der Waals surface area (Å²) >= 11 is 0. The van der Waals surface area contributed by atoms with Crippen molar-refractivity contribution in [2.45, 2.75) is 19.5 Å². The summed E-state index contributed by atoms with van der Waals surface area (Å²) in [4.78, 5) is 0. The molecule has 0 amide bonds. The monoisotopic (exact) mass is 211 g/mol. The van der Waals surface area contributed by atoms with Crippen molar-refractivity contribution in [1.29, 1.82) is 0 Å². The third kappa shape index (κ3) is 2.27. The van der Waals surface area contributed by atoms with Gasteiger partial charge in [-0.3, -0.25) is 0 Å². The quantitative estimate of drug-likeness (QED) is 0.698. The van der Waals surface area contributed by atoms with Crippen LogP contribution >= 0.6 is 7.26 Å². The number of benzene rings is 1. The zero-order valence-electron chi connectivity index (χ0n) is 9.74. The van der Waals surface area contributed by atoms with Crippen LogP contribution in [0.2, 0.25) is 0 Å². The molecular formula is C12H20OP+. The molecule has 0 bridgehead atoms. The molecule has 0 fully saturated rings. The van der Waals surface area contributed by atoms with Crippen molar-refractivity contribution < 1.29 is 4.74 Å². The average molecular weight is 211 g/mol. The molecule has 0 aliphatic rings. The van der Waals surface area contributed by atoms with Crippen LogP contribution in [0.25, 0.3) is 0 Å². The van der Waals surface area contributed by atoms with Crippen LogP contribution in [-0.2, 0) is 0 Å². The van der Waals surface area contributed by atoms with Crippen molar-refractivity contribution in [2.24, 2.45) is 0 Å². The third-order valence-corrected chi connectivity index (χ3v) is 7.24. The lowest BCUT2D eigenvalue weighted by Gasteiger charge is -2.22. The van der Waals surface area contributed by atoms with Crippen LogP contribution < -0.4 is 10.0 Å². The lowest BCUT2D eigenvalue weighted by Crippen LogP contribution is -2.16. The van der Waals surface area contributed by atoms with E-state index in [1.54, 1.807) is 7.11 Å². The van der Waals surface area contributed by atoms with Gasteiger partial charge in [-0.05, 0) is 38.1 Å². The van der Waals surface area contributed by atoms with E-state index >= 15 is 0 Å². The largest absolute Gasteiger partial charge is 0.497 e. The van der Waals surface area contributed by atoms with Gasteiger partial charge in [-0.25, -0.2) is 0 Å². The van der Waals surface area contributed by atoms with E-state index in [2.05, 4.69) is 51.4 Å². The fourth-order valence-corrected chi connectivity index (χ4v) is 2.78. The third-order valence-electron chi connectivity index (χ3n) is 3.03. The summed E-state index contributed by atoms with van der Waals surface area (Å²) in [6, 6.07) is 8.51. The second kappa shape index (κ2) is 4.31. The highest BCUT2D eigenvalue weighted by Crippen LogP contribution is 2.54. The summed E-state index contributed by atoms with van der Waals surface area (Å²) in [6.45, 7) is 9.38. The van der Waals surface area contributed by atoms with Crippen molar-refractivity contribution in [3.05, 3.63) is 24.3 Å². The van der Waals surface area contributed by atoms with E-state index in [1.165, 1.54) is 5.30 Å². The molecule has 0 atom stereocenters. The highest BCUT2D eigenvalue weighted by molar-refractivity contribution is 7.82. The Balaban J connectivity index is 2.97. The van der Waals surface area contributed by atoms with E-state index in [-0.39, 0.29) is 0 Å². The summed E-state index contributed by atoms with van der Waals surface area (Å²) in [5, 5.41) is 1.48. The zero-order valence-corrected chi connectivity index (χ0v) is 10.6. The van der Waals surface area contributed by atoms with Crippen LogP contribution in [0, 0.1) is 0 Å². The number of ether oxygens (including phenoxy) is 1. The summed E-state index contributed by atoms with van der Waals surface area (Å²) in [5.41, 5.74) is 0.746. The van der Waals surface area contributed by atoms with Crippen LogP contribution in [0.1, 0.15) is 13.8 Å². The second-order valence-electron chi connectivity index (χ2n) is 4.33. The topological polar surface area (TPSA) is 9.23 Å². The normalized spacial score (nSPS) is 11.9. The van der Waals surface area contributed by atoms with Crippen molar-refractivity contribution in [2.75, 3.05) is 20.4 Å². The number of hydrogen-bond donors (Lipinski definition) is 0. The Kier molecular flexibility index (Phi) is 3.55. The SMILES string of the molecule is COc1ccc([P+](C)(C)C(C)C)cc1. The van der Waals surface area contributed by atoms with Crippen molar-refractivity contribution in [1.82, 2.24) is 0 Å². The summed E-state index contributed by atoms with van der Waals surface area (Å²) in [6.07, 6.45) is 0. The Labute approximate surface area is 87.8 Å². The molecule has 0 aliphatic carbocycles. The Hall–Kier alpha value is -0.550. The molecule has 0 radical (unpaired) electrons. The van der Waals surface area contributed by atoms with Gasteiger partial charge in [-0.15, -0.1) is 0 Å². The zero-order chi connectivity index (χ0) is 10.8. The molecular weight excluding hydrogens is 191 g/mol. The van der Waals surface area contributed by atoms with E-state index in [0.29, 0.717) is 0 Å². The minimum Gasteiger partial charge on any atom is -0.497 e. The van der Waals surface area contributed by atoms with Gasteiger partial charge in [0.25, 0.3) is 0 Å². The fraction of sp³-hybridized carbons (Fsp3) is 0.500. The highest BCUT2D eigenvalue weighted by atomic mass is 31.2. The standard InChI is InChI=1S/C12H20OP/c1-10(2)14(4,5)12-8-6-11(13-3)7-9-12/h6-10H,1-5H3/q+1. The molecule has 78 valence electrons. The first kappa shape index (κ1) is 11.5. The van der Waals surface area contributed by atoms with Crippen LogP contribution in [0.3, 0.4) is 0 Å². The molecule has 0 aliphatic heterocycles. The molecule has 0 unspecified atom stereocenters. The van der Waals surface area contributed by atoms with Gasteiger partial charge in [-0.2, -0.15) is 0 Å². The van der Waals surface area contributed by atoms with Crippen LogP contribution in [-0.4, -0.2) is 26.1 Å². The van der Waals surface area contributed by atoms with Crippen LogP contribution in [0.15, 0.2) is 24.3 Å². The first-order valence-electron chi connectivity index (χ1n) is 4.96. The van der Waals surface area contributed by atoms with E-state index in [4.69, 9.17) is 4.74 Å². The maximum Gasteiger partial charge on any atom is 0.119 e. The summed E-state index contributed by atoms with van der Waals surface area (Å²) < 4.78 is 5.15. The Morgan fingerprint density at radius 3 is 1.93 bits per heavy atom. The van der Waals surface area contributed by atoms with Crippen molar-refractivity contribution in [3.63, 3.8) is 0 Å². The highest BCUT2D eigenvalue weighted by Gasteiger charge is 2.32. The molecule has 2 heteroatoms. The maximum absolute atomic E-state index is 5.15. The van der Waals surface area contributed by atoms with Gasteiger partial charge >= 0.3 is 0 Å². The second-order valence-corrected chi connectivity index (χ2v) is 8.96. The smallest absolute Gasteiger partial charge is 0.119 e. The maximum atomic E-state index is 5.15. The molecule has 1 rings (SSSR count). The molecule has 14 heavy (non-hydrogen) atoms. The van der Waals surface area contributed by atoms with Gasteiger partial charge in [0.05, 0.1) is 31.4 Å². The Morgan fingerprint density at radius 2 is 1.57 bits per heavy atom. The predicted molar refractivity (Wildman–Crippen MR) is 66.5 cm³/mol. The number of methoxy groups -OCH3 is 1. The fourth-order valence-electron chi connectivity index (χ4n) is 1.26. The molecule has 0 saturated heterocycles. The van der Waals surface area contributed by atoms with Gasteiger partial charge in [0.15, 0.2) is 0 Å². The molecule has 0 N–H and O–H groups in total. The van der Waals surface area contributed by atoms with Gasteiger partial charge in [0, 0.05) is 7.26 Å². The van der Waals surface area contributed by atoms with Gasteiger partial charge in [-0.1, -0.05) is 0 Å². The number of rotatable bonds is 3. The first-order chi connectivity index (χ1) is 6.48. The summed E-state index contributed by atoms with van der Waals surface area (Å²) in [7, 11) is 0.753.